The van der Waals surface area contributed by atoms with Gasteiger partial charge in [0.15, 0.2) is 5.82 Å². The van der Waals surface area contributed by atoms with Gasteiger partial charge in [0.1, 0.15) is 0 Å². The Hall–Kier alpha value is -3.41. The Morgan fingerprint density at radius 3 is 2.27 bits per heavy atom. The Morgan fingerprint density at radius 2 is 1.57 bits per heavy atom. The molecule has 2 N–H and O–H groups in total. The highest BCUT2D eigenvalue weighted by atomic mass is 16.2. The second-order valence-corrected chi connectivity index (χ2v) is 7.86. The highest BCUT2D eigenvalue weighted by molar-refractivity contribution is 6.00. The van der Waals surface area contributed by atoms with Crippen LogP contribution in [-0.2, 0) is 0 Å². The SMILES string of the molecule is Cc1cc(C)cc(NC(=O)Nc2cccc(-c3ccc(N4CCCCC4)nn3)c2)c1. The first-order chi connectivity index (χ1) is 14.6. The van der Waals surface area contributed by atoms with Crippen molar-refractivity contribution in [3.63, 3.8) is 0 Å². The molecule has 1 aliphatic heterocycles. The smallest absolute Gasteiger partial charge is 0.323 e. The Balaban J connectivity index is 1.43. The van der Waals surface area contributed by atoms with E-state index in [1.807, 2.05) is 62.4 Å². The van der Waals surface area contributed by atoms with Gasteiger partial charge in [-0.3, -0.25) is 0 Å². The van der Waals surface area contributed by atoms with E-state index >= 15 is 0 Å². The summed E-state index contributed by atoms with van der Waals surface area (Å²) in [6.45, 7) is 6.11. The van der Waals surface area contributed by atoms with Crippen LogP contribution in [-0.4, -0.2) is 29.3 Å². The van der Waals surface area contributed by atoms with Gasteiger partial charge in [0.25, 0.3) is 0 Å². The quantitative estimate of drug-likeness (QED) is 0.614. The number of anilines is 3. The molecule has 1 aliphatic rings. The predicted molar refractivity (Wildman–Crippen MR) is 122 cm³/mol. The molecule has 0 bridgehead atoms. The zero-order chi connectivity index (χ0) is 20.9. The first-order valence-corrected chi connectivity index (χ1v) is 10.4. The Labute approximate surface area is 177 Å². The molecular formula is C24H27N5O. The molecule has 6 nitrogen and oxygen atoms in total. The first kappa shape index (κ1) is 19.9. The van der Waals surface area contributed by atoms with E-state index in [0.29, 0.717) is 5.69 Å². The monoisotopic (exact) mass is 401 g/mol. The fourth-order valence-electron chi connectivity index (χ4n) is 3.87. The third-order valence-electron chi connectivity index (χ3n) is 5.23. The van der Waals surface area contributed by atoms with Crippen molar-refractivity contribution < 1.29 is 4.79 Å². The first-order valence-electron chi connectivity index (χ1n) is 10.4. The van der Waals surface area contributed by atoms with Crippen LogP contribution in [0.2, 0.25) is 0 Å². The van der Waals surface area contributed by atoms with Gasteiger partial charge in [-0.15, -0.1) is 10.2 Å². The van der Waals surface area contributed by atoms with Crippen molar-refractivity contribution in [3.8, 4) is 11.3 Å². The highest BCUT2D eigenvalue weighted by Crippen LogP contribution is 2.23. The molecule has 0 atom stereocenters. The van der Waals surface area contributed by atoms with Crippen LogP contribution in [0.3, 0.4) is 0 Å². The average Bonchev–Trinajstić information content (AvgIpc) is 2.74. The molecule has 2 heterocycles. The lowest BCUT2D eigenvalue weighted by Crippen LogP contribution is -2.30. The number of aromatic nitrogens is 2. The van der Waals surface area contributed by atoms with Gasteiger partial charge in [0.05, 0.1) is 5.69 Å². The van der Waals surface area contributed by atoms with E-state index in [9.17, 15) is 4.79 Å². The van der Waals surface area contributed by atoms with Gasteiger partial charge in [-0.25, -0.2) is 4.79 Å². The van der Waals surface area contributed by atoms with E-state index in [-0.39, 0.29) is 6.03 Å². The van der Waals surface area contributed by atoms with Crippen molar-refractivity contribution in [2.24, 2.45) is 0 Å². The molecule has 4 rings (SSSR count). The third-order valence-corrected chi connectivity index (χ3v) is 5.23. The molecule has 0 unspecified atom stereocenters. The Bertz CT molecular complexity index is 1010. The van der Waals surface area contributed by atoms with Crippen LogP contribution in [0.5, 0.6) is 0 Å². The van der Waals surface area contributed by atoms with Gasteiger partial charge in [0.2, 0.25) is 0 Å². The number of benzene rings is 2. The number of urea groups is 1. The van der Waals surface area contributed by atoms with Gasteiger partial charge < -0.3 is 15.5 Å². The van der Waals surface area contributed by atoms with Crippen LogP contribution < -0.4 is 15.5 Å². The minimum absolute atomic E-state index is 0.274. The summed E-state index contributed by atoms with van der Waals surface area (Å²) in [4.78, 5) is 14.7. The number of nitrogens with zero attached hydrogens (tertiary/aromatic N) is 3. The molecule has 1 fully saturated rings. The van der Waals surface area contributed by atoms with Gasteiger partial charge in [-0.05, 0) is 80.6 Å². The van der Waals surface area contributed by atoms with Crippen molar-refractivity contribution in [2.75, 3.05) is 28.6 Å². The molecule has 2 amide bonds. The number of carbonyl (C=O) groups excluding carboxylic acids is 1. The molecule has 1 aromatic heterocycles. The van der Waals surface area contributed by atoms with Crippen molar-refractivity contribution in [2.45, 2.75) is 33.1 Å². The summed E-state index contributed by atoms with van der Waals surface area (Å²) in [5.74, 6) is 0.931. The molecule has 1 saturated heterocycles. The molecule has 0 radical (unpaired) electrons. The van der Waals surface area contributed by atoms with Crippen LogP contribution in [0, 0.1) is 13.8 Å². The Kier molecular flexibility index (Phi) is 5.93. The molecule has 0 aliphatic carbocycles. The number of nitrogens with one attached hydrogen (secondary N) is 2. The second-order valence-electron chi connectivity index (χ2n) is 7.86. The van der Waals surface area contributed by atoms with Crippen LogP contribution in [0.25, 0.3) is 11.3 Å². The normalized spacial score (nSPS) is 13.7. The Morgan fingerprint density at radius 1 is 0.833 bits per heavy atom. The molecule has 3 aromatic rings. The summed E-state index contributed by atoms with van der Waals surface area (Å²) in [5, 5.41) is 14.6. The minimum atomic E-state index is -0.274. The third kappa shape index (κ3) is 4.95. The summed E-state index contributed by atoms with van der Waals surface area (Å²) >= 11 is 0. The van der Waals surface area contributed by atoms with Crippen LogP contribution >= 0.6 is 0 Å². The number of hydrogen-bond donors (Lipinski definition) is 2. The fourth-order valence-corrected chi connectivity index (χ4v) is 3.87. The van der Waals surface area contributed by atoms with E-state index in [1.54, 1.807) is 0 Å². The van der Waals surface area contributed by atoms with Crippen molar-refractivity contribution in [1.29, 1.82) is 0 Å². The lowest BCUT2D eigenvalue weighted by atomic mass is 10.1. The minimum Gasteiger partial charge on any atom is -0.355 e. The van der Waals surface area contributed by atoms with Gasteiger partial charge >= 0.3 is 6.03 Å². The van der Waals surface area contributed by atoms with Crippen molar-refractivity contribution in [1.82, 2.24) is 10.2 Å². The molecule has 30 heavy (non-hydrogen) atoms. The van der Waals surface area contributed by atoms with Crippen LogP contribution in [0.1, 0.15) is 30.4 Å². The number of amides is 2. The zero-order valence-electron chi connectivity index (χ0n) is 17.5. The summed E-state index contributed by atoms with van der Waals surface area (Å²) in [5.41, 5.74) is 5.40. The molecule has 0 saturated carbocycles. The van der Waals surface area contributed by atoms with E-state index in [0.717, 1.165) is 47.0 Å². The average molecular weight is 402 g/mol. The standard InChI is InChI=1S/C24H27N5O/c1-17-13-18(2)15-21(14-17)26-24(30)25-20-8-6-7-19(16-20)22-9-10-23(28-27-22)29-11-4-3-5-12-29/h6-10,13-16H,3-5,11-12H2,1-2H3,(H2,25,26,30). The maximum absolute atomic E-state index is 12.4. The van der Waals surface area contributed by atoms with Gasteiger partial charge in [-0.1, -0.05) is 18.2 Å². The topological polar surface area (TPSA) is 70.2 Å². The maximum Gasteiger partial charge on any atom is 0.323 e. The zero-order valence-corrected chi connectivity index (χ0v) is 17.5. The fraction of sp³-hybridized carbons (Fsp3) is 0.292. The van der Waals surface area contributed by atoms with E-state index < -0.39 is 0 Å². The van der Waals surface area contributed by atoms with Gasteiger partial charge in [0, 0.05) is 30.0 Å². The number of aryl methyl sites for hydroxylation is 2. The lowest BCUT2D eigenvalue weighted by Gasteiger charge is -2.27. The molecule has 154 valence electrons. The van der Waals surface area contributed by atoms with Gasteiger partial charge in [-0.2, -0.15) is 0 Å². The molecule has 6 heteroatoms. The summed E-state index contributed by atoms with van der Waals surface area (Å²) in [6.07, 6.45) is 3.71. The predicted octanol–water partition coefficient (Wildman–Crippen LogP) is 5.39. The summed E-state index contributed by atoms with van der Waals surface area (Å²) in [6, 6.07) is 17.4. The molecule has 2 aromatic carbocycles. The van der Waals surface area contributed by atoms with E-state index in [1.165, 1.54) is 19.3 Å². The van der Waals surface area contributed by atoms with E-state index in [2.05, 4.69) is 31.8 Å². The van der Waals surface area contributed by atoms with Crippen molar-refractivity contribution in [3.05, 3.63) is 65.7 Å². The lowest BCUT2D eigenvalue weighted by molar-refractivity contribution is 0.262. The largest absolute Gasteiger partial charge is 0.355 e. The molecule has 0 spiro atoms. The molecular weight excluding hydrogens is 374 g/mol. The van der Waals surface area contributed by atoms with Crippen LogP contribution in [0.4, 0.5) is 22.0 Å². The number of carbonyl (C=O) groups is 1. The second kappa shape index (κ2) is 8.95. The van der Waals surface area contributed by atoms with Crippen LogP contribution in [0.15, 0.2) is 54.6 Å². The van der Waals surface area contributed by atoms with E-state index in [4.69, 9.17) is 0 Å². The number of rotatable bonds is 4. The van der Waals surface area contributed by atoms with Crippen molar-refractivity contribution >= 4 is 23.2 Å². The number of hydrogen-bond acceptors (Lipinski definition) is 4. The summed E-state index contributed by atoms with van der Waals surface area (Å²) < 4.78 is 0. The number of piperidine rings is 1. The summed E-state index contributed by atoms with van der Waals surface area (Å²) in [7, 11) is 0. The highest BCUT2D eigenvalue weighted by Gasteiger charge is 2.13. The maximum atomic E-state index is 12.4.